The van der Waals surface area contributed by atoms with Crippen molar-refractivity contribution in [2.75, 3.05) is 0 Å². The lowest BCUT2D eigenvalue weighted by atomic mass is 9.84. The summed E-state index contributed by atoms with van der Waals surface area (Å²) in [5.41, 5.74) is 6.50. The molecule has 0 saturated heterocycles. The van der Waals surface area contributed by atoms with Gasteiger partial charge in [-0.05, 0) is 38.9 Å². The summed E-state index contributed by atoms with van der Waals surface area (Å²) in [6.07, 6.45) is -6.44. The second-order valence-corrected chi connectivity index (χ2v) is 18.2. The van der Waals surface area contributed by atoms with Crippen LogP contribution in [0.25, 0.3) is 0 Å². The summed E-state index contributed by atoms with van der Waals surface area (Å²) < 4.78 is 60.8. The number of aliphatic hydroxyl groups is 1. The minimum Gasteiger partial charge on any atom is -0.387 e. The van der Waals surface area contributed by atoms with Crippen LogP contribution in [0.4, 0.5) is 0 Å². The molecule has 0 bridgehead atoms. The first-order chi connectivity index (χ1) is 33.1. The molecule has 0 aliphatic heterocycles. The zero-order valence-corrected chi connectivity index (χ0v) is 38.9. The molecule has 0 radical (unpaired) electrons. The lowest BCUT2D eigenvalue weighted by Crippen LogP contribution is -2.66. The fourth-order valence-electron chi connectivity index (χ4n) is 7.45. The Morgan fingerprint density at radius 2 is 0.463 bits per heavy atom. The van der Waals surface area contributed by atoms with Crippen molar-refractivity contribution in [3.05, 3.63) is 251 Å². The summed E-state index contributed by atoms with van der Waals surface area (Å²) in [4.78, 5) is 0. The Labute approximate surface area is 396 Å². The summed E-state index contributed by atoms with van der Waals surface area (Å²) in [5.74, 6) is 0. The van der Waals surface area contributed by atoms with Gasteiger partial charge in [0.05, 0.1) is 46.2 Å². The van der Waals surface area contributed by atoms with Gasteiger partial charge in [0.15, 0.2) is 0 Å². The van der Waals surface area contributed by atoms with Crippen LogP contribution in [-0.4, -0.2) is 41.7 Å². The van der Waals surface area contributed by atoms with Gasteiger partial charge in [-0.15, -0.1) is 0 Å². The predicted octanol–water partition coefficient (Wildman–Crippen LogP) is 12.2. The highest BCUT2D eigenvalue weighted by atomic mass is 31.2. The molecule has 10 nitrogen and oxygen atoms in total. The monoisotopic (exact) mass is 938 g/mol. The minimum absolute atomic E-state index is 0.182. The molecule has 1 fully saturated rings. The number of hydrogen-bond acceptors (Lipinski definition) is 10. The molecule has 0 amide bonds. The van der Waals surface area contributed by atoms with Crippen molar-refractivity contribution in [1.29, 1.82) is 0 Å². The molecule has 0 heterocycles. The normalized spacial score (nSPS) is 19.4. The fraction of sp³-hybridized carbons (Fsp3) is 0.236. The van der Waals surface area contributed by atoms with Crippen LogP contribution in [-0.2, 0) is 87.6 Å². The van der Waals surface area contributed by atoms with E-state index in [4.69, 9.17) is 41.4 Å². The molecule has 67 heavy (non-hydrogen) atoms. The predicted molar refractivity (Wildman–Crippen MR) is 260 cm³/mol. The van der Waals surface area contributed by atoms with Gasteiger partial charge in [0.1, 0.15) is 36.6 Å². The lowest BCUT2D eigenvalue weighted by Gasteiger charge is -2.48. The van der Waals surface area contributed by atoms with Gasteiger partial charge in [0.25, 0.3) is 0 Å². The third-order valence-corrected chi connectivity index (χ3v) is 13.1. The van der Waals surface area contributed by atoms with E-state index in [9.17, 15) is 5.11 Å². The van der Waals surface area contributed by atoms with E-state index in [2.05, 4.69) is 0 Å². The average molecular weight is 939 g/mol. The molecule has 12 heteroatoms. The van der Waals surface area contributed by atoms with Crippen molar-refractivity contribution >= 4 is 17.2 Å². The van der Waals surface area contributed by atoms with E-state index in [0.717, 1.165) is 38.9 Å². The van der Waals surface area contributed by atoms with Gasteiger partial charge in [0, 0.05) is 0 Å². The molecule has 1 aliphatic carbocycles. The van der Waals surface area contributed by atoms with Crippen LogP contribution in [0.3, 0.4) is 0 Å². The minimum atomic E-state index is -2.14. The maximum Gasteiger partial charge on any atom is 0.333 e. The fourth-order valence-corrected chi connectivity index (χ4v) is 9.75. The van der Waals surface area contributed by atoms with E-state index in [0.29, 0.717) is 0 Å². The van der Waals surface area contributed by atoms with Crippen molar-refractivity contribution < 1.29 is 46.5 Å². The van der Waals surface area contributed by atoms with Gasteiger partial charge in [-0.1, -0.05) is 212 Å². The summed E-state index contributed by atoms with van der Waals surface area (Å²) >= 11 is 0. The largest absolute Gasteiger partial charge is 0.387 e. The van der Waals surface area contributed by atoms with Crippen molar-refractivity contribution in [2.45, 2.75) is 82.9 Å². The van der Waals surface area contributed by atoms with Gasteiger partial charge in [-0.2, -0.15) is 0 Å². The molecule has 7 aromatic rings. The summed E-state index contributed by atoms with van der Waals surface area (Å²) in [6, 6.07) is 68.9. The van der Waals surface area contributed by atoms with Crippen LogP contribution >= 0.6 is 17.2 Å². The molecule has 1 saturated carbocycles. The van der Waals surface area contributed by atoms with E-state index in [1.54, 1.807) is 0 Å². The first kappa shape index (κ1) is 48.5. The molecule has 1 aliphatic rings. The Bertz CT molecular complexity index is 2160. The van der Waals surface area contributed by atoms with Crippen LogP contribution in [0.5, 0.6) is 0 Å². The zero-order chi connectivity index (χ0) is 45.7. The Hall–Kier alpha value is -5.00. The van der Waals surface area contributed by atoms with E-state index in [-0.39, 0.29) is 46.2 Å². The molecule has 2 unspecified atom stereocenters. The van der Waals surface area contributed by atoms with E-state index in [1.807, 2.05) is 212 Å². The van der Waals surface area contributed by atoms with Crippen LogP contribution in [0.15, 0.2) is 212 Å². The van der Waals surface area contributed by atoms with Crippen molar-refractivity contribution in [2.24, 2.45) is 0 Å². The summed E-state index contributed by atoms with van der Waals surface area (Å²) in [6.45, 7) is 1.35. The third-order valence-electron chi connectivity index (χ3n) is 11.0. The summed E-state index contributed by atoms with van der Waals surface area (Å²) in [7, 11) is -4.28. The van der Waals surface area contributed by atoms with Gasteiger partial charge >= 0.3 is 17.2 Å². The Morgan fingerprint density at radius 1 is 0.269 bits per heavy atom. The topological polar surface area (TPSA) is 103 Å². The molecule has 346 valence electrons. The van der Waals surface area contributed by atoms with E-state index >= 15 is 0 Å². The number of ether oxygens (including phenoxy) is 3. The highest BCUT2D eigenvalue weighted by Gasteiger charge is 2.56. The molecular formula is C55H56O10P2. The van der Waals surface area contributed by atoms with E-state index in [1.165, 1.54) is 0 Å². The number of rotatable bonds is 25. The summed E-state index contributed by atoms with van der Waals surface area (Å²) in [5, 5.41) is 13.0. The molecule has 7 aromatic carbocycles. The molecular weight excluding hydrogens is 883 g/mol. The molecule has 1 N–H and O–H groups in total. The third kappa shape index (κ3) is 15.2. The van der Waals surface area contributed by atoms with Crippen molar-refractivity contribution in [3.8, 4) is 0 Å². The highest BCUT2D eigenvalue weighted by Crippen LogP contribution is 2.50. The van der Waals surface area contributed by atoms with Crippen LogP contribution in [0.2, 0.25) is 0 Å². The second kappa shape index (κ2) is 26.5. The lowest BCUT2D eigenvalue weighted by molar-refractivity contribution is -0.256. The van der Waals surface area contributed by atoms with Crippen LogP contribution < -0.4 is 0 Å². The second-order valence-electron chi connectivity index (χ2n) is 15.9. The maximum absolute atomic E-state index is 13.0. The van der Waals surface area contributed by atoms with Crippen molar-refractivity contribution in [1.82, 2.24) is 0 Å². The maximum atomic E-state index is 13.0. The Balaban J connectivity index is 1.18. The van der Waals surface area contributed by atoms with Crippen LogP contribution in [0.1, 0.15) is 38.9 Å². The van der Waals surface area contributed by atoms with Gasteiger partial charge in [-0.25, -0.2) is 0 Å². The standard InChI is InChI=1S/C55H56O10P2/c56-50-51(64-66(60-39-46-28-14-4-15-29-46)61-40-47-30-16-5-17-31-47)53(57-36-43-22-8-1-9-23-43)55(59-38-45-26-12-3-13-27-45)54(58-37-44-24-10-2-11-25-44)52(50)65-67(62-41-48-32-18-6-19-33-48)63-42-49-34-20-7-21-35-49/h1-35,50-56H,36-42H2/t50?,51-,52-,53-,54+,55?/m1/s1. The molecule has 0 spiro atoms. The number of hydrogen-bond donors (Lipinski definition) is 1. The van der Waals surface area contributed by atoms with E-state index < -0.39 is 53.8 Å². The first-order valence-corrected chi connectivity index (χ1v) is 24.6. The molecule has 0 aromatic heterocycles. The molecule has 8 rings (SSSR count). The molecule has 6 atom stereocenters. The average Bonchev–Trinajstić information content (AvgIpc) is 3.39. The van der Waals surface area contributed by atoms with Crippen LogP contribution in [0, 0.1) is 0 Å². The smallest absolute Gasteiger partial charge is 0.333 e. The Kier molecular flexibility index (Phi) is 19.2. The zero-order valence-electron chi connectivity index (χ0n) is 37.1. The quantitative estimate of drug-likeness (QED) is 0.0557. The first-order valence-electron chi connectivity index (χ1n) is 22.4. The Morgan fingerprint density at radius 3 is 0.687 bits per heavy atom. The van der Waals surface area contributed by atoms with Gasteiger partial charge in [0.2, 0.25) is 0 Å². The van der Waals surface area contributed by atoms with Crippen molar-refractivity contribution in [3.63, 3.8) is 0 Å². The highest BCUT2D eigenvalue weighted by molar-refractivity contribution is 7.42. The van der Waals surface area contributed by atoms with Gasteiger partial charge < -0.3 is 46.5 Å². The SMILES string of the molecule is OC1[C@@H](OP(OCc2ccccc2)OCc2ccccc2)[C@H](OCc2ccccc2)C(OCc2ccccc2)[C@H](OCc2ccccc2)[C@@H]1OP(OCc1ccccc1)OCc1ccccc1. The van der Waals surface area contributed by atoms with Gasteiger partial charge in [-0.3, -0.25) is 0 Å². The number of benzene rings is 7. The number of aliphatic hydroxyl groups excluding tert-OH is 1.